The molecule has 0 amide bonds. The van der Waals surface area contributed by atoms with Gasteiger partial charge in [-0.1, -0.05) is 23.7 Å². The first-order valence-corrected chi connectivity index (χ1v) is 5.84. The number of halogens is 1. The number of carbonyl (C=O) groups is 1. The second-order valence-corrected chi connectivity index (χ2v) is 4.30. The van der Waals surface area contributed by atoms with Gasteiger partial charge >= 0.3 is 35.5 Å². The van der Waals surface area contributed by atoms with Gasteiger partial charge in [0.2, 0.25) is 0 Å². The fraction of sp³-hybridized carbons (Fsp3) is 0.0714. The van der Waals surface area contributed by atoms with Crippen LogP contribution in [0.25, 0.3) is 0 Å². The summed E-state index contributed by atoms with van der Waals surface area (Å²) >= 11 is 5.80. The molecule has 94 valence electrons. The number of hydrogen-bond donors (Lipinski definition) is 2. The average molecular weight is 286 g/mol. The van der Waals surface area contributed by atoms with Gasteiger partial charge in [-0.2, -0.15) is 0 Å². The number of rotatable bonds is 4. The van der Waals surface area contributed by atoms with E-state index in [1.165, 1.54) is 0 Å². The van der Waals surface area contributed by atoms with Crippen LogP contribution >= 0.6 is 11.6 Å². The Morgan fingerprint density at radius 2 is 1.63 bits per heavy atom. The molecule has 2 rings (SSSR count). The molecule has 0 aromatic heterocycles. The molecule has 0 saturated carbocycles. The van der Waals surface area contributed by atoms with Crippen molar-refractivity contribution in [2.45, 2.75) is 6.54 Å². The molecule has 0 radical (unpaired) electrons. The number of nitrogens with one attached hydrogen (secondary N) is 1. The van der Waals surface area contributed by atoms with E-state index in [-0.39, 0.29) is 35.1 Å². The normalized spacial score (nSPS) is 9.53. The first kappa shape index (κ1) is 16.1. The maximum atomic E-state index is 10.7. The van der Waals surface area contributed by atoms with Crippen molar-refractivity contribution >= 4 is 52.8 Å². The molecule has 0 bridgehead atoms. The summed E-state index contributed by atoms with van der Waals surface area (Å²) < 4.78 is 0. The van der Waals surface area contributed by atoms with Gasteiger partial charge in [0.05, 0.1) is 5.56 Å². The molecular formula is C14H13ClNNaO2. The van der Waals surface area contributed by atoms with E-state index in [2.05, 4.69) is 5.32 Å². The van der Waals surface area contributed by atoms with E-state index in [1.54, 1.807) is 24.3 Å². The molecule has 3 nitrogen and oxygen atoms in total. The zero-order chi connectivity index (χ0) is 13.0. The van der Waals surface area contributed by atoms with Crippen LogP contribution in [0.3, 0.4) is 0 Å². The monoisotopic (exact) mass is 285 g/mol. The Labute approximate surface area is 138 Å². The molecule has 2 aromatic rings. The first-order valence-electron chi connectivity index (χ1n) is 5.47. The molecule has 5 heteroatoms. The van der Waals surface area contributed by atoms with Crippen LogP contribution in [-0.4, -0.2) is 40.6 Å². The molecule has 0 aliphatic carbocycles. The summed E-state index contributed by atoms with van der Waals surface area (Å²) in [6.07, 6.45) is 0. The van der Waals surface area contributed by atoms with Gasteiger partial charge in [0, 0.05) is 17.3 Å². The maximum absolute atomic E-state index is 10.7. The topological polar surface area (TPSA) is 49.3 Å². The van der Waals surface area contributed by atoms with Crippen LogP contribution in [0.1, 0.15) is 15.9 Å². The second-order valence-electron chi connectivity index (χ2n) is 3.86. The fourth-order valence-electron chi connectivity index (χ4n) is 1.54. The van der Waals surface area contributed by atoms with E-state index in [1.807, 2.05) is 24.3 Å². The molecule has 0 saturated heterocycles. The molecule has 0 unspecified atom stereocenters. The molecule has 2 aromatic carbocycles. The molecule has 19 heavy (non-hydrogen) atoms. The molecule has 2 N–H and O–H groups in total. The molecule has 0 aliphatic heterocycles. The molecule has 0 fully saturated rings. The summed E-state index contributed by atoms with van der Waals surface area (Å²) in [5.74, 6) is -0.917. The number of anilines is 1. The molecular weight excluding hydrogens is 273 g/mol. The van der Waals surface area contributed by atoms with E-state index in [4.69, 9.17) is 16.7 Å². The third-order valence-corrected chi connectivity index (χ3v) is 2.79. The van der Waals surface area contributed by atoms with Crippen molar-refractivity contribution < 1.29 is 9.90 Å². The van der Waals surface area contributed by atoms with Crippen molar-refractivity contribution in [3.05, 3.63) is 64.7 Å². The zero-order valence-corrected chi connectivity index (χ0v) is 10.3. The van der Waals surface area contributed by atoms with Gasteiger partial charge in [-0.05, 0) is 42.0 Å². The van der Waals surface area contributed by atoms with E-state index in [9.17, 15) is 4.79 Å². The van der Waals surface area contributed by atoms with Crippen molar-refractivity contribution in [2.75, 3.05) is 5.32 Å². The third-order valence-electron chi connectivity index (χ3n) is 2.54. The molecule has 0 heterocycles. The number of benzene rings is 2. The summed E-state index contributed by atoms with van der Waals surface area (Å²) in [6.45, 7) is 0.670. The van der Waals surface area contributed by atoms with Gasteiger partial charge in [0.25, 0.3) is 0 Å². The predicted octanol–water partition coefficient (Wildman–Crippen LogP) is 3.00. The van der Waals surface area contributed by atoms with Crippen molar-refractivity contribution in [1.82, 2.24) is 0 Å². The molecule has 0 aliphatic rings. The number of carboxylic acids is 1. The summed E-state index contributed by atoms with van der Waals surface area (Å²) in [6, 6.07) is 14.2. The van der Waals surface area contributed by atoms with Crippen LogP contribution in [0.4, 0.5) is 5.69 Å². The minimum absolute atomic E-state index is 0. The van der Waals surface area contributed by atoms with Crippen molar-refractivity contribution in [3.8, 4) is 0 Å². The van der Waals surface area contributed by atoms with E-state index >= 15 is 0 Å². The van der Waals surface area contributed by atoms with Crippen LogP contribution in [0.2, 0.25) is 5.02 Å². The van der Waals surface area contributed by atoms with E-state index in [0.29, 0.717) is 11.6 Å². The Morgan fingerprint density at radius 1 is 1.05 bits per heavy atom. The average Bonchev–Trinajstić information content (AvgIpc) is 2.38. The fourth-order valence-corrected chi connectivity index (χ4v) is 1.66. The Morgan fingerprint density at radius 3 is 2.16 bits per heavy atom. The van der Waals surface area contributed by atoms with E-state index < -0.39 is 5.97 Å². The molecule has 0 spiro atoms. The summed E-state index contributed by atoms with van der Waals surface area (Å²) in [5.41, 5.74) is 2.28. The number of aromatic carboxylic acids is 1. The SMILES string of the molecule is O=C(O)c1ccc(NCc2ccc(Cl)cc2)cc1.[NaH]. The minimum atomic E-state index is -0.917. The first-order chi connectivity index (χ1) is 8.65. The predicted molar refractivity (Wildman–Crippen MR) is 79.3 cm³/mol. The van der Waals surface area contributed by atoms with Gasteiger partial charge < -0.3 is 10.4 Å². The van der Waals surface area contributed by atoms with Gasteiger partial charge in [0.1, 0.15) is 0 Å². The standard InChI is InChI=1S/C14H12ClNO2.Na.H/c15-12-5-1-10(2-6-12)9-16-13-7-3-11(4-8-13)14(17)18;;/h1-8,16H,9H2,(H,17,18);;. The van der Waals surface area contributed by atoms with Gasteiger partial charge in [-0.15, -0.1) is 0 Å². The Kier molecular flexibility index (Phi) is 6.38. The number of hydrogen-bond acceptors (Lipinski definition) is 2. The third kappa shape index (κ3) is 4.88. The van der Waals surface area contributed by atoms with Gasteiger partial charge in [-0.3, -0.25) is 0 Å². The van der Waals surface area contributed by atoms with Crippen molar-refractivity contribution in [3.63, 3.8) is 0 Å². The van der Waals surface area contributed by atoms with Crippen LogP contribution in [0.15, 0.2) is 48.5 Å². The van der Waals surface area contributed by atoms with Crippen molar-refractivity contribution in [2.24, 2.45) is 0 Å². The summed E-state index contributed by atoms with van der Waals surface area (Å²) in [7, 11) is 0. The van der Waals surface area contributed by atoms with E-state index in [0.717, 1.165) is 11.3 Å². The van der Waals surface area contributed by atoms with Crippen LogP contribution in [0.5, 0.6) is 0 Å². The zero-order valence-electron chi connectivity index (χ0n) is 9.56. The Hall–Kier alpha value is -1.000. The quantitative estimate of drug-likeness (QED) is 0.849. The second kappa shape index (κ2) is 7.56. The van der Waals surface area contributed by atoms with Gasteiger partial charge in [-0.25, -0.2) is 4.79 Å². The van der Waals surface area contributed by atoms with Crippen LogP contribution < -0.4 is 5.32 Å². The molecule has 0 atom stereocenters. The Bertz CT molecular complexity index is 540. The Balaban J connectivity index is 0.00000180. The summed E-state index contributed by atoms with van der Waals surface area (Å²) in [4.78, 5) is 10.7. The van der Waals surface area contributed by atoms with Crippen LogP contribution in [0, 0.1) is 0 Å². The van der Waals surface area contributed by atoms with Gasteiger partial charge in [0.15, 0.2) is 0 Å². The number of carboxylic acid groups (broad SMARTS) is 1. The van der Waals surface area contributed by atoms with Crippen LogP contribution in [-0.2, 0) is 6.54 Å². The summed E-state index contributed by atoms with van der Waals surface area (Å²) in [5, 5.41) is 12.7. The van der Waals surface area contributed by atoms with Crippen molar-refractivity contribution in [1.29, 1.82) is 0 Å².